The second-order valence-corrected chi connectivity index (χ2v) is 3.56. The Labute approximate surface area is 94.1 Å². The zero-order valence-corrected chi connectivity index (χ0v) is 9.34. The zero-order chi connectivity index (χ0) is 11.5. The largest absolute Gasteiger partial charge is 0.497 e. The summed E-state index contributed by atoms with van der Waals surface area (Å²) in [5, 5.41) is 13.4. The minimum atomic E-state index is -0.0389. The van der Waals surface area contributed by atoms with Gasteiger partial charge in [0.05, 0.1) is 25.1 Å². The molecular weight excluding hydrogens is 204 g/mol. The van der Waals surface area contributed by atoms with Gasteiger partial charge >= 0.3 is 0 Å². The fourth-order valence-electron chi connectivity index (χ4n) is 1.54. The molecule has 16 heavy (non-hydrogen) atoms. The number of benzene rings is 1. The Morgan fingerprint density at radius 2 is 2.25 bits per heavy atom. The van der Waals surface area contributed by atoms with Crippen molar-refractivity contribution in [2.75, 3.05) is 7.11 Å². The quantitative estimate of drug-likeness (QED) is 0.852. The van der Waals surface area contributed by atoms with Crippen LogP contribution in [-0.2, 0) is 6.61 Å². The van der Waals surface area contributed by atoms with Crippen molar-refractivity contribution in [1.82, 2.24) is 9.78 Å². The average Bonchev–Trinajstić information content (AvgIpc) is 2.71. The Kier molecular flexibility index (Phi) is 2.92. The lowest BCUT2D eigenvalue weighted by Crippen LogP contribution is -1.96. The Balaban J connectivity index is 2.41. The first-order valence-corrected chi connectivity index (χ1v) is 5.05. The molecule has 0 fully saturated rings. The van der Waals surface area contributed by atoms with E-state index in [1.807, 2.05) is 37.4 Å². The van der Waals surface area contributed by atoms with Crippen molar-refractivity contribution in [1.29, 1.82) is 0 Å². The third-order valence-corrected chi connectivity index (χ3v) is 2.47. The third-order valence-electron chi connectivity index (χ3n) is 2.47. The molecule has 0 bridgehead atoms. The van der Waals surface area contributed by atoms with Gasteiger partial charge in [0.15, 0.2) is 0 Å². The van der Waals surface area contributed by atoms with Crippen LogP contribution in [0.15, 0.2) is 30.5 Å². The molecule has 2 rings (SSSR count). The number of hydrogen-bond donors (Lipinski definition) is 1. The second kappa shape index (κ2) is 4.37. The summed E-state index contributed by atoms with van der Waals surface area (Å²) in [6.07, 6.45) is 1.89. The molecule has 84 valence electrons. The van der Waals surface area contributed by atoms with Crippen LogP contribution in [0.5, 0.6) is 5.75 Å². The lowest BCUT2D eigenvalue weighted by Gasteiger charge is -2.03. The summed E-state index contributed by atoms with van der Waals surface area (Å²) in [6, 6.07) is 7.63. The SMILES string of the molecule is COc1cccc(-n2cc(C)c(CO)n2)c1. The maximum atomic E-state index is 9.08. The van der Waals surface area contributed by atoms with Crippen LogP contribution in [0.3, 0.4) is 0 Å². The molecule has 0 saturated carbocycles. The molecule has 1 aromatic carbocycles. The first-order valence-electron chi connectivity index (χ1n) is 5.05. The van der Waals surface area contributed by atoms with E-state index in [1.54, 1.807) is 11.8 Å². The Bertz CT molecular complexity index is 492. The summed E-state index contributed by atoms with van der Waals surface area (Å²) >= 11 is 0. The van der Waals surface area contributed by atoms with Crippen LogP contribution in [-0.4, -0.2) is 22.0 Å². The lowest BCUT2D eigenvalue weighted by atomic mass is 10.3. The van der Waals surface area contributed by atoms with E-state index in [2.05, 4.69) is 5.10 Å². The van der Waals surface area contributed by atoms with Gasteiger partial charge in [-0.3, -0.25) is 0 Å². The molecule has 1 N–H and O–H groups in total. The van der Waals surface area contributed by atoms with Gasteiger partial charge in [-0.1, -0.05) is 6.07 Å². The van der Waals surface area contributed by atoms with E-state index >= 15 is 0 Å². The van der Waals surface area contributed by atoms with Crippen molar-refractivity contribution in [3.63, 3.8) is 0 Å². The highest BCUT2D eigenvalue weighted by Gasteiger charge is 2.05. The predicted octanol–water partition coefficient (Wildman–Crippen LogP) is 1.68. The summed E-state index contributed by atoms with van der Waals surface area (Å²) < 4.78 is 6.89. The van der Waals surface area contributed by atoms with Gasteiger partial charge in [-0.15, -0.1) is 0 Å². The number of aromatic nitrogens is 2. The normalized spacial score (nSPS) is 10.4. The molecule has 0 aliphatic carbocycles. The minimum Gasteiger partial charge on any atom is -0.497 e. The molecule has 0 aliphatic heterocycles. The molecule has 2 aromatic rings. The van der Waals surface area contributed by atoms with Gasteiger partial charge in [-0.2, -0.15) is 5.10 Å². The highest BCUT2D eigenvalue weighted by atomic mass is 16.5. The van der Waals surface area contributed by atoms with Crippen molar-refractivity contribution in [3.8, 4) is 11.4 Å². The third kappa shape index (κ3) is 1.92. The average molecular weight is 218 g/mol. The fraction of sp³-hybridized carbons (Fsp3) is 0.250. The van der Waals surface area contributed by atoms with Gasteiger partial charge in [0.1, 0.15) is 5.75 Å². The van der Waals surface area contributed by atoms with Crippen molar-refractivity contribution in [2.24, 2.45) is 0 Å². The van der Waals surface area contributed by atoms with Crippen molar-refractivity contribution in [3.05, 3.63) is 41.7 Å². The molecule has 0 atom stereocenters. The molecule has 0 unspecified atom stereocenters. The molecule has 0 saturated heterocycles. The number of methoxy groups -OCH3 is 1. The molecule has 1 heterocycles. The monoisotopic (exact) mass is 218 g/mol. The summed E-state index contributed by atoms with van der Waals surface area (Å²) in [6.45, 7) is 1.89. The maximum absolute atomic E-state index is 9.08. The van der Waals surface area contributed by atoms with Crippen LogP contribution in [0.25, 0.3) is 5.69 Å². The van der Waals surface area contributed by atoms with E-state index in [0.29, 0.717) is 5.69 Å². The predicted molar refractivity (Wildman–Crippen MR) is 60.8 cm³/mol. The fourth-order valence-corrected chi connectivity index (χ4v) is 1.54. The van der Waals surface area contributed by atoms with Gasteiger partial charge in [-0.05, 0) is 24.6 Å². The summed E-state index contributed by atoms with van der Waals surface area (Å²) in [4.78, 5) is 0. The van der Waals surface area contributed by atoms with Crippen LogP contribution >= 0.6 is 0 Å². The summed E-state index contributed by atoms with van der Waals surface area (Å²) in [5.41, 5.74) is 2.59. The van der Waals surface area contributed by atoms with Crippen molar-refractivity contribution >= 4 is 0 Å². The maximum Gasteiger partial charge on any atom is 0.121 e. The summed E-state index contributed by atoms with van der Waals surface area (Å²) in [7, 11) is 1.63. The number of hydrogen-bond acceptors (Lipinski definition) is 3. The van der Waals surface area contributed by atoms with Crippen LogP contribution in [0.2, 0.25) is 0 Å². The number of aryl methyl sites for hydroxylation is 1. The number of nitrogens with zero attached hydrogens (tertiary/aromatic N) is 2. The lowest BCUT2D eigenvalue weighted by molar-refractivity contribution is 0.275. The van der Waals surface area contributed by atoms with E-state index < -0.39 is 0 Å². The molecule has 0 amide bonds. The van der Waals surface area contributed by atoms with E-state index in [1.165, 1.54) is 0 Å². The Morgan fingerprint density at radius 1 is 1.44 bits per heavy atom. The molecule has 1 aromatic heterocycles. The van der Waals surface area contributed by atoms with Crippen molar-refractivity contribution < 1.29 is 9.84 Å². The second-order valence-electron chi connectivity index (χ2n) is 3.56. The van der Waals surface area contributed by atoms with Gasteiger partial charge in [0, 0.05) is 12.3 Å². The molecular formula is C12H14N2O2. The van der Waals surface area contributed by atoms with Crippen LogP contribution in [0.4, 0.5) is 0 Å². The number of ether oxygens (including phenoxy) is 1. The van der Waals surface area contributed by atoms with Crippen LogP contribution < -0.4 is 4.74 Å². The van der Waals surface area contributed by atoms with Gasteiger partial charge in [-0.25, -0.2) is 4.68 Å². The number of rotatable bonds is 3. The first-order chi connectivity index (χ1) is 7.74. The highest BCUT2D eigenvalue weighted by molar-refractivity contribution is 5.39. The molecule has 4 nitrogen and oxygen atoms in total. The first kappa shape index (κ1) is 10.7. The van der Waals surface area contributed by atoms with Crippen LogP contribution in [0, 0.1) is 6.92 Å². The van der Waals surface area contributed by atoms with Gasteiger partial charge in [0.25, 0.3) is 0 Å². The molecule has 0 aliphatic rings. The van der Waals surface area contributed by atoms with Crippen LogP contribution in [0.1, 0.15) is 11.3 Å². The Hall–Kier alpha value is -1.81. The zero-order valence-electron chi connectivity index (χ0n) is 9.34. The smallest absolute Gasteiger partial charge is 0.121 e. The standard InChI is InChI=1S/C12H14N2O2/c1-9-7-14(13-12(9)8-15)10-4-3-5-11(6-10)16-2/h3-7,15H,8H2,1-2H3. The van der Waals surface area contributed by atoms with E-state index in [9.17, 15) is 0 Å². The van der Waals surface area contributed by atoms with Gasteiger partial charge in [0.2, 0.25) is 0 Å². The molecule has 0 radical (unpaired) electrons. The topological polar surface area (TPSA) is 47.3 Å². The minimum absolute atomic E-state index is 0.0389. The number of aliphatic hydroxyl groups excluding tert-OH is 1. The Morgan fingerprint density at radius 3 is 2.88 bits per heavy atom. The van der Waals surface area contributed by atoms with Crippen molar-refractivity contribution in [2.45, 2.75) is 13.5 Å². The van der Waals surface area contributed by atoms with E-state index in [0.717, 1.165) is 17.0 Å². The van der Waals surface area contributed by atoms with Gasteiger partial charge < -0.3 is 9.84 Å². The number of aliphatic hydroxyl groups is 1. The van der Waals surface area contributed by atoms with E-state index in [4.69, 9.17) is 9.84 Å². The molecule has 0 spiro atoms. The highest BCUT2D eigenvalue weighted by Crippen LogP contribution is 2.17. The van der Waals surface area contributed by atoms with E-state index in [-0.39, 0.29) is 6.61 Å². The molecule has 4 heteroatoms. The summed E-state index contributed by atoms with van der Waals surface area (Å²) in [5.74, 6) is 0.788.